The largest absolute Gasteiger partial charge is 0.370 e. The highest BCUT2D eigenvalue weighted by Gasteiger charge is 1.93. The minimum absolute atomic E-state index is 0.182. The third-order valence-electron chi connectivity index (χ3n) is 0.530. The predicted molar refractivity (Wildman–Crippen MR) is 30.6 cm³/mol. The van der Waals surface area contributed by atoms with Crippen molar-refractivity contribution in [1.82, 2.24) is 5.48 Å². The van der Waals surface area contributed by atoms with Crippen LogP contribution in [-0.2, 0) is 4.79 Å². The van der Waals surface area contributed by atoms with E-state index in [1.165, 1.54) is 5.48 Å². The number of carbonyl (C=O) groups is 1. The van der Waals surface area contributed by atoms with E-state index in [0.717, 1.165) is 0 Å². The number of rotatable bonds is 2. The van der Waals surface area contributed by atoms with E-state index in [1.54, 1.807) is 0 Å². The molecule has 1 amide bonds. The third kappa shape index (κ3) is 4.56. The Morgan fingerprint density at radius 3 is 2.56 bits per heavy atom. The number of amides is 1. The van der Waals surface area contributed by atoms with Crippen LogP contribution < -0.4 is 16.9 Å². The second-order valence-corrected chi connectivity index (χ2v) is 1.28. The molecular weight excluding hydrogens is 124 g/mol. The molecule has 0 saturated carbocycles. The number of aliphatic imine (C=N–C) groups is 1. The maximum absolute atomic E-state index is 10.1. The van der Waals surface area contributed by atoms with Crippen LogP contribution >= 0.6 is 0 Å². The lowest BCUT2D eigenvalue weighted by atomic mass is 10.6. The molecule has 52 valence electrons. The molecular formula is C3H8N4O2. The zero-order valence-electron chi connectivity index (χ0n) is 4.66. The van der Waals surface area contributed by atoms with Gasteiger partial charge in [-0.25, -0.2) is 10.5 Å². The number of nitrogens with two attached hydrogens (primary N) is 2. The lowest BCUT2D eigenvalue weighted by Gasteiger charge is -1.91. The van der Waals surface area contributed by atoms with Gasteiger partial charge in [0.15, 0.2) is 5.96 Å². The fraction of sp³-hybridized carbons (Fsp3) is 0.333. The number of guanidine groups is 1. The number of hydrogen-bond acceptors (Lipinski definition) is 3. The van der Waals surface area contributed by atoms with Gasteiger partial charge in [-0.2, -0.15) is 0 Å². The summed E-state index contributed by atoms with van der Waals surface area (Å²) in [5.41, 5.74) is 11.1. The van der Waals surface area contributed by atoms with E-state index in [4.69, 9.17) is 16.7 Å². The van der Waals surface area contributed by atoms with Crippen molar-refractivity contribution in [2.75, 3.05) is 6.54 Å². The molecule has 0 bridgehead atoms. The van der Waals surface area contributed by atoms with Crippen molar-refractivity contribution in [1.29, 1.82) is 0 Å². The first-order chi connectivity index (χ1) is 4.16. The predicted octanol–water partition coefficient (Wildman–Crippen LogP) is -2.23. The number of nitrogens with zero attached hydrogens (tertiary/aromatic N) is 1. The van der Waals surface area contributed by atoms with Crippen LogP contribution in [0, 0.1) is 0 Å². The van der Waals surface area contributed by atoms with Crippen molar-refractivity contribution in [2.45, 2.75) is 0 Å². The average molecular weight is 132 g/mol. The molecule has 6 N–H and O–H groups in total. The molecule has 0 spiro atoms. The smallest absolute Gasteiger partial charge is 0.265 e. The van der Waals surface area contributed by atoms with Crippen LogP contribution in [0.5, 0.6) is 0 Å². The van der Waals surface area contributed by atoms with Crippen molar-refractivity contribution in [2.24, 2.45) is 16.5 Å². The average Bonchev–Trinajstić information content (AvgIpc) is 1.83. The van der Waals surface area contributed by atoms with Crippen molar-refractivity contribution in [3.8, 4) is 0 Å². The highest BCUT2D eigenvalue weighted by atomic mass is 16.5. The molecule has 0 radical (unpaired) electrons. The molecule has 0 atom stereocenters. The van der Waals surface area contributed by atoms with Crippen LogP contribution in [0.3, 0.4) is 0 Å². The molecule has 0 saturated heterocycles. The van der Waals surface area contributed by atoms with Gasteiger partial charge in [0.25, 0.3) is 5.91 Å². The van der Waals surface area contributed by atoms with Crippen molar-refractivity contribution >= 4 is 11.9 Å². The maximum Gasteiger partial charge on any atom is 0.265 e. The van der Waals surface area contributed by atoms with Gasteiger partial charge >= 0.3 is 0 Å². The Labute approximate surface area is 51.5 Å². The summed E-state index contributed by atoms with van der Waals surface area (Å²) in [7, 11) is 0. The number of nitrogens with one attached hydrogen (secondary N) is 1. The van der Waals surface area contributed by atoms with Gasteiger partial charge in [-0.3, -0.25) is 10.0 Å². The summed E-state index contributed by atoms with van der Waals surface area (Å²) in [5.74, 6) is -0.831. The number of hydroxylamine groups is 1. The van der Waals surface area contributed by atoms with Gasteiger partial charge in [-0.05, 0) is 0 Å². The minimum Gasteiger partial charge on any atom is -0.370 e. The molecule has 0 aromatic heterocycles. The summed E-state index contributed by atoms with van der Waals surface area (Å²) in [6, 6.07) is 0. The van der Waals surface area contributed by atoms with Crippen molar-refractivity contribution < 1.29 is 10.0 Å². The van der Waals surface area contributed by atoms with E-state index in [9.17, 15) is 4.79 Å². The van der Waals surface area contributed by atoms with Crippen LogP contribution in [0.4, 0.5) is 0 Å². The Kier molecular flexibility index (Phi) is 3.14. The highest BCUT2D eigenvalue weighted by molar-refractivity contribution is 5.82. The van der Waals surface area contributed by atoms with Gasteiger partial charge in [0, 0.05) is 0 Å². The summed E-state index contributed by atoms with van der Waals surface area (Å²) in [6.45, 7) is -0.251. The van der Waals surface area contributed by atoms with Crippen LogP contribution in [0.25, 0.3) is 0 Å². The molecule has 6 nitrogen and oxygen atoms in total. The lowest BCUT2D eigenvalue weighted by Crippen LogP contribution is -2.27. The van der Waals surface area contributed by atoms with E-state index in [1.807, 2.05) is 0 Å². The lowest BCUT2D eigenvalue weighted by molar-refractivity contribution is -0.127. The van der Waals surface area contributed by atoms with Crippen LogP contribution in [0.15, 0.2) is 4.99 Å². The van der Waals surface area contributed by atoms with Gasteiger partial charge in [-0.1, -0.05) is 0 Å². The molecule has 9 heavy (non-hydrogen) atoms. The molecule has 0 rings (SSSR count). The van der Waals surface area contributed by atoms with Gasteiger partial charge in [0.1, 0.15) is 6.54 Å². The fourth-order valence-electron chi connectivity index (χ4n) is 0.198. The Morgan fingerprint density at radius 2 is 2.22 bits per heavy atom. The summed E-state index contributed by atoms with van der Waals surface area (Å²) in [5, 5.41) is 7.90. The van der Waals surface area contributed by atoms with Gasteiger partial charge in [0.05, 0.1) is 0 Å². The van der Waals surface area contributed by atoms with Crippen LogP contribution in [-0.4, -0.2) is 23.6 Å². The second kappa shape index (κ2) is 3.67. The quantitative estimate of drug-likeness (QED) is 0.147. The van der Waals surface area contributed by atoms with Gasteiger partial charge in [-0.15, -0.1) is 0 Å². The van der Waals surface area contributed by atoms with Gasteiger partial charge in [0.2, 0.25) is 0 Å². The molecule has 0 heterocycles. The molecule has 0 aromatic carbocycles. The zero-order chi connectivity index (χ0) is 7.28. The maximum atomic E-state index is 10.1. The summed E-state index contributed by atoms with van der Waals surface area (Å²) < 4.78 is 0. The van der Waals surface area contributed by atoms with E-state index >= 15 is 0 Å². The first kappa shape index (κ1) is 7.70. The minimum atomic E-state index is -0.650. The standard InChI is InChI=1S/C3H8N4O2/c4-3(5)6-1-2(8)7-9/h9H,1H2,(H,7,8)(H4,4,5,6). The normalized spacial score (nSPS) is 8.11. The summed E-state index contributed by atoms with van der Waals surface area (Å²) in [4.78, 5) is 13.4. The summed E-state index contributed by atoms with van der Waals surface area (Å²) >= 11 is 0. The van der Waals surface area contributed by atoms with Gasteiger partial charge < -0.3 is 11.5 Å². The van der Waals surface area contributed by atoms with Crippen molar-refractivity contribution in [3.63, 3.8) is 0 Å². The monoisotopic (exact) mass is 132 g/mol. The topological polar surface area (TPSA) is 114 Å². The van der Waals surface area contributed by atoms with E-state index in [0.29, 0.717) is 0 Å². The number of carbonyl (C=O) groups excluding carboxylic acids is 1. The molecule has 0 aliphatic carbocycles. The third-order valence-corrected chi connectivity index (χ3v) is 0.530. The Balaban J connectivity index is 3.50. The molecule has 6 heteroatoms. The van der Waals surface area contributed by atoms with E-state index < -0.39 is 5.91 Å². The molecule has 0 aliphatic rings. The first-order valence-corrected chi connectivity index (χ1v) is 2.15. The molecule has 0 fully saturated rings. The second-order valence-electron chi connectivity index (χ2n) is 1.28. The number of hydrogen-bond donors (Lipinski definition) is 4. The zero-order valence-corrected chi connectivity index (χ0v) is 4.66. The SMILES string of the molecule is NC(N)=NCC(=O)NO. The van der Waals surface area contributed by atoms with E-state index in [2.05, 4.69) is 4.99 Å². The first-order valence-electron chi connectivity index (χ1n) is 2.15. The highest BCUT2D eigenvalue weighted by Crippen LogP contribution is 1.66. The summed E-state index contributed by atoms with van der Waals surface area (Å²) in [6.07, 6.45) is 0. The fourth-order valence-corrected chi connectivity index (χ4v) is 0.198. The van der Waals surface area contributed by atoms with Crippen LogP contribution in [0.2, 0.25) is 0 Å². The Hall–Kier alpha value is -1.30. The van der Waals surface area contributed by atoms with Crippen molar-refractivity contribution in [3.05, 3.63) is 0 Å². The molecule has 0 aliphatic heterocycles. The van der Waals surface area contributed by atoms with E-state index in [-0.39, 0.29) is 12.5 Å². The molecule has 0 aromatic rings. The molecule has 0 unspecified atom stereocenters. The van der Waals surface area contributed by atoms with Crippen LogP contribution in [0.1, 0.15) is 0 Å². The Morgan fingerprint density at radius 1 is 1.67 bits per heavy atom. The Bertz CT molecular complexity index is 128.